The number of anilines is 3. The zero-order valence-corrected chi connectivity index (χ0v) is 36.1. The van der Waals surface area contributed by atoms with Crippen molar-refractivity contribution in [3.8, 4) is 11.5 Å². The highest BCUT2D eigenvalue weighted by atomic mass is 35.5. The second kappa shape index (κ2) is 24.2. The molecule has 322 valence electrons. The van der Waals surface area contributed by atoms with Gasteiger partial charge in [-0.3, -0.25) is 9.79 Å². The number of nitrogens with one attached hydrogen (secondary N) is 2. The molecule has 13 nitrogen and oxygen atoms in total. The van der Waals surface area contributed by atoms with Crippen LogP contribution in [0.3, 0.4) is 0 Å². The fourth-order valence-electron chi connectivity index (χ4n) is 7.93. The van der Waals surface area contributed by atoms with E-state index in [4.69, 9.17) is 38.4 Å². The summed E-state index contributed by atoms with van der Waals surface area (Å²) >= 11 is 12.9. The Bertz CT molecular complexity index is 1880. The number of allylic oxidation sites excluding steroid dienone is 1. The molecule has 60 heavy (non-hydrogen) atoms. The molecule has 1 unspecified atom stereocenters. The quantitative estimate of drug-likeness (QED) is 0.0379. The Morgan fingerprint density at radius 3 is 2.18 bits per heavy atom. The fourth-order valence-corrected chi connectivity index (χ4v) is 8.52. The minimum Gasteiger partial charge on any atom is -0.495 e. The Morgan fingerprint density at radius 1 is 0.917 bits per heavy atom. The van der Waals surface area contributed by atoms with Crippen molar-refractivity contribution in [2.75, 3.05) is 81.7 Å². The molecule has 0 radical (unpaired) electrons. The van der Waals surface area contributed by atoms with Crippen LogP contribution in [0.25, 0.3) is 0 Å². The highest BCUT2D eigenvalue weighted by Crippen LogP contribution is 2.45. The van der Waals surface area contributed by atoms with Crippen molar-refractivity contribution in [1.82, 2.24) is 10.2 Å². The van der Waals surface area contributed by atoms with Gasteiger partial charge in [0.1, 0.15) is 45.6 Å². The van der Waals surface area contributed by atoms with E-state index in [0.717, 1.165) is 81.6 Å². The molecule has 2 aliphatic heterocycles. The number of nitrogens with zero attached hydrogens (tertiary/aromatic N) is 5. The van der Waals surface area contributed by atoms with Crippen LogP contribution in [0.15, 0.2) is 76.5 Å². The Morgan fingerprint density at radius 2 is 1.58 bits per heavy atom. The summed E-state index contributed by atoms with van der Waals surface area (Å²) in [6.45, 7) is 7.63. The first-order chi connectivity index (χ1) is 29.3. The molecule has 3 aromatic rings. The van der Waals surface area contributed by atoms with Crippen LogP contribution in [0.5, 0.6) is 11.5 Å². The maximum atomic E-state index is 11.5. The molecule has 0 saturated carbocycles. The third kappa shape index (κ3) is 13.2. The van der Waals surface area contributed by atoms with Gasteiger partial charge in [0.15, 0.2) is 0 Å². The summed E-state index contributed by atoms with van der Waals surface area (Å²) < 4.78 is 10.7. The van der Waals surface area contributed by atoms with Crippen LogP contribution in [0.1, 0.15) is 56.4 Å². The molecule has 0 aliphatic carbocycles. The average Bonchev–Trinajstić information content (AvgIpc) is 3.28. The minimum absolute atomic E-state index is 0.223. The summed E-state index contributed by atoms with van der Waals surface area (Å²) in [6.07, 6.45) is 13.7. The molecule has 4 N–H and O–H groups in total. The van der Waals surface area contributed by atoms with Crippen molar-refractivity contribution in [3.63, 3.8) is 0 Å². The fraction of sp³-hybridized carbons (Fsp3) is 0.444. The molecule has 2 heterocycles. The Balaban J connectivity index is 1.09. The van der Waals surface area contributed by atoms with E-state index in [1.807, 2.05) is 24.3 Å². The number of piperidine rings is 2. The molecule has 0 aromatic heterocycles. The molecule has 3 aromatic carbocycles. The summed E-state index contributed by atoms with van der Waals surface area (Å²) in [5.41, 5.74) is 10.0. The van der Waals surface area contributed by atoms with Crippen molar-refractivity contribution in [1.29, 1.82) is 0 Å². The monoisotopic (exact) mass is 860 g/mol. The molecule has 0 bridgehead atoms. The maximum absolute atomic E-state index is 11.5. The number of halogens is 2. The van der Waals surface area contributed by atoms with E-state index in [9.17, 15) is 14.4 Å². The number of ether oxygens (including phenoxy) is 2. The lowest BCUT2D eigenvalue weighted by molar-refractivity contribution is -0.110. The minimum atomic E-state index is -0.223. The molecule has 15 heteroatoms. The average molecular weight is 862 g/mol. The number of rotatable bonds is 23. The summed E-state index contributed by atoms with van der Waals surface area (Å²) in [6, 6.07) is 18.0. The van der Waals surface area contributed by atoms with Crippen molar-refractivity contribution >= 4 is 77.5 Å². The number of amides is 1. The van der Waals surface area contributed by atoms with Crippen molar-refractivity contribution in [3.05, 3.63) is 82.1 Å². The van der Waals surface area contributed by atoms with Gasteiger partial charge in [0, 0.05) is 81.0 Å². The maximum Gasteiger partial charge on any atom is 0.207 e. The van der Waals surface area contributed by atoms with Crippen LogP contribution in [-0.4, -0.2) is 103 Å². The second-order valence-corrected chi connectivity index (χ2v) is 15.9. The summed E-state index contributed by atoms with van der Waals surface area (Å²) in [5.74, 6) is 2.34. The normalized spacial score (nSPS) is 16.2. The van der Waals surface area contributed by atoms with Crippen LogP contribution in [0, 0.1) is 11.8 Å². The first kappa shape index (κ1) is 46.0. The van der Waals surface area contributed by atoms with Gasteiger partial charge in [0.05, 0.1) is 20.6 Å². The van der Waals surface area contributed by atoms with Crippen LogP contribution in [0.2, 0.25) is 10.0 Å². The van der Waals surface area contributed by atoms with E-state index in [1.54, 1.807) is 12.1 Å². The van der Waals surface area contributed by atoms with E-state index in [0.29, 0.717) is 60.8 Å². The summed E-state index contributed by atoms with van der Waals surface area (Å²) in [5, 5.41) is 6.59. The molecule has 2 saturated heterocycles. The number of likely N-dealkylation sites (tertiary alicyclic amines) is 1. The van der Waals surface area contributed by atoms with Gasteiger partial charge in [-0.25, -0.2) is 4.99 Å². The zero-order chi connectivity index (χ0) is 42.7. The van der Waals surface area contributed by atoms with Gasteiger partial charge < -0.3 is 50.1 Å². The van der Waals surface area contributed by atoms with Crippen LogP contribution < -0.4 is 35.6 Å². The van der Waals surface area contributed by atoms with Gasteiger partial charge in [0.25, 0.3) is 0 Å². The number of carbonyl (C=O) groups excluding carboxylic acids is 3. The first-order valence-corrected chi connectivity index (χ1v) is 21.4. The zero-order valence-electron chi connectivity index (χ0n) is 34.6. The van der Waals surface area contributed by atoms with Gasteiger partial charge in [-0.2, -0.15) is 0 Å². The Labute approximate surface area is 364 Å². The molecule has 2 aliphatic rings. The Hall–Kier alpha value is -5.11. The smallest absolute Gasteiger partial charge is 0.207 e. The largest absolute Gasteiger partial charge is 0.495 e. The number of benzene rings is 3. The van der Waals surface area contributed by atoms with Gasteiger partial charge in [-0.15, -0.1) is 0 Å². The molecule has 1 atom stereocenters. The molecule has 1 amide bonds. The van der Waals surface area contributed by atoms with Gasteiger partial charge >= 0.3 is 0 Å². The second-order valence-electron chi connectivity index (χ2n) is 15.1. The number of aliphatic imine (C=N–C) groups is 2. The lowest BCUT2D eigenvalue weighted by Crippen LogP contribution is -2.42. The summed E-state index contributed by atoms with van der Waals surface area (Å²) in [4.78, 5) is 49.5. The third-order valence-corrected chi connectivity index (χ3v) is 12.1. The van der Waals surface area contributed by atoms with Gasteiger partial charge in [-0.1, -0.05) is 35.3 Å². The predicted octanol–water partition coefficient (Wildman–Crippen LogP) is 7.49. The van der Waals surface area contributed by atoms with Gasteiger partial charge in [-0.05, 0) is 111 Å². The number of hydrogen-bond acceptors (Lipinski definition) is 11. The van der Waals surface area contributed by atoms with E-state index >= 15 is 0 Å². The lowest BCUT2D eigenvalue weighted by Gasteiger charge is -2.39. The predicted molar refractivity (Wildman–Crippen MR) is 244 cm³/mol. The van der Waals surface area contributed by atoms with E-state index in [-0.39, 0.29) is 16.0 Å². The number of aldehydes is 2. The molecule has 2 fully saturated rings. The first-order valence-electron chi connectivity index (χ1n) is 20.6. The number of nitrogens with two attached hydrogens (primary N) is 1. The molecule has 5 rings (SSSR count). The van der Waals surface area contributed by atoms with Crippen molar-refractivity contribution in [2.24, 2.45) is 27.6 Å². The standard InChI is InChI=1S/C45H58Cl2N8O5/c1-59-40-28-41(60-2)44(47)45(43(40)46)50-19-13-42(51-31-48)52-37-7-11-39(12-8-37)55(26-20-49-32-58)23-16-33-14-21-53(22-15-33)29-34-17-24-54(25-18-34)38-9-5-35(6-10-38)36(30-57)4-3-27-56/h5-13,19,27-28,30-34,36,52H,3-4,14-18,20-26,29H2,1-2H3,(H2,48,51)(H,49,58)/b42-13+,50-19?. The number of methoxy groups -OCH3 is 2. The van der Waals surface area contributed by atoms with Crippen LogP contribution in [-0.2, 0) is 14.4 Å². The highest BCUT2D eigenvalue weighted by Gasteiger charge is 2.26. The molecular formula is C45H58Cl2N8O5. The van der Waals surface area contributed by atoms with E-state index < -0.39 is 0 Å². The lowest BCUT2D eigenvalue weighted by atomic mass is 9.90. The topological polar surface area (TPSA) is 154 Å². The number of carbonyl (C=O) groups is 3. The summed E-state index contributed by atoms with van der Waals surface area (Å²) in [7, 11) is 3.00. The highest BCUT2D eigenvalue weighted by molar-refractivity contribution is 6.40. The van der Waals surface area contributed by atoms with Crippen molar-refractivity contribution in [2.45, 2.75) is 50.9 Å². The third-order valence-electron chi connectivity index (χ3n) is 11.4. The van der Waals surface area contributed by atoms with Crippen LogP contribution in [0.4, 0.5) is 22.7 Å². The van der Waals surface area contributed by atoms with E-state index in [2.05, 4.69) is 59.6 Å². The molecule has 0 spiro atoms. The van der Waals surface area contributed by atoms with E-state index in [1.165, 1.54) is 58.1 Å². The van der Waals surface area contributed by atoms with Crippen LogP contribution >= 0.6 is 23.2 Å². The Kier molecular flexibility index (Phi) is 18.6. The van der Waals surface area contributed by atoms with Crippen molar-refractivity contribution < 1.29 is 23.9 Å². The van der Waals surface area contributed by atoms with Gasteiger partial charge in [0.2, 0.25) is 6.41 Å². The number of hydrogen-bond donors (Lipinski definition) is 3. The SMILES string of the molecule is COc1cc(OC)c(Cl)c(N=C/C=C(\N=C/N)Nc2ccc(N(CCNC=O)CCC3CCN(CC4CCN(c5ccc(C(C=O)CCC=O)cc5)CC4)CC3)cc2)c1Cl. The molecular weight excluding hydrogens is 803 g/mol.